The Morgan fingerprint density at radius 1 is 1.09 bits per heavy atom. The number of fused-ring (bicyclic) bond motifs is 1. The van der Waals surface area contributed by atoms with Crippen molar-refractivity contribution in [1.82, 2.24) is 4.98 Å². The van der Waals surface area contributed by atoms with Gasteiger partial charge in [-0.05, 0) is 73.2 Å². The third-order valence-corrected chi connectivity index (χ3v) is 7.47. The Kier molecular flexibility index (Phi) is 5.66. The lowest BCUT2D eigenvalue weighted by molar-refractivity contribution is 0.102. The Bertz CT molecular complexity index is 1260. The molecule has 1 fully saturated rings. The van der Waals surface area contributed by atoms with Gasteiger partial charge >= 0.3 is 0 Å². The summed E-state index contributed by atoms with van der Waals surface area (Å²) in [5.74, 6) is -0.453. The minimum absolute atomic E-state index is 0.0178. The highest BCUT2D eigenvalue weighted by Gasteiger charge is 2.43. The predicted octanol–water partition coefficient (Wildman–Crippen LogP) is 6.73. The van der Waals surface area contributed by atoms with Crippen LogP contribution in [0.5, 0.6) is 0 Å². The summed E-state index contributed by atoms with van der Waals surface area (Å²) < 4.78 is 27.0. The van der Waals surface area contributed by atoms with Crippen LogP contribution in [0.1, 0.15) is 58.7 Å². The molecule has 0 bridgehead atoms. The lowest BCUT2D eigenvalue weighted by atomic mass is 9.77. The van der Waals surface area contributed by atoms with Gasteiger partial charge in [-0.3, -0.25) is 4.79 Å². The first-order valence-electron chi connectivity index (χ1n) is 11.0. The third kappa shape index (κ3) is 4.13. The number of ketones is 1. The van der Waals surface area contributed by atoms with E-state index in [9.17, 15) is 13.6 Å². The molecule has 5 rings (SSSR count). The van der Waals surface area contributed by atoms with E-state index in [1.54, 1.807) is 31.2 Å². The molecule has 2 atom stereocenters. The average molecular weight is 464 g/mol. The Morgan fingerprint density at radius 2 is 1.76 bits per heavy atom. The second-order valence-electron chi connectivity index (χ2n) is 8.51. The van der Waals surface area contributed by atoms with Gasteiger partial charge in [-0.15, -0.1) is 0 Å². The summed E-state index contributed by atoms with van der Waals surface area (Å²) in [4.78, 5) is 17.3. The second-order valence-corrected chi connectivity index (χ2v) is 9.49. The number of nitrogens with zero attached hydrogens (tertiary/aromatic N) is 3. The van der Waals surface area contributed by atoms with Crippen LogP contribution in [0.25, 0.3) is 6.08 Å². The third-order valence-electron chi connectivity index (χ3n) is 6.23. The molecule has 1 aromatic heterocycles. The van der Waals surface area contributed by atoms with Crippen molar-refractivity contribution in [1.29, 1.82) is 0 Å². The first-order chi connectivity index (χ1) is 15.9. The predicted molar refractivity (Wildman–Crippen MR) is 128 cm³/mol. The van der Waals surface area contributed by atoms with Gasteiger partial charge in [-0.2, -0.15) is 5.10 Å². The molecule has 0 N–H and O–H groups in total. The van der Waals surface area contributed by atoms with Crippen molar-refractivity contribution in [2.45, 2.75) is 39.2 Å². The number of hydrazone groups is 1. The van der Waals surface area contributed by atoms with Crippen LogP contribution in [0, 0.1) is 24.5 Å². The zero-order valence-electron chi connectivity index (χ0n) is 18.4. The van der Waals surface area contributed by atoms with Crippen molar-refractivity contribution in [3.05, 3.63) is 87.4 Å². The van der Waals surface area contributed by atoms with Crippen molar-refractivity contribution in [3.8, 4) is 0 Å². The molecular formula is C26H23F2N3OS. The largest absolute Gasteiger partial charge is 0.294 e. The fourth-order valence-corrected chi connectivity index (χ4v) is 5.67. The van der Waals surface area contributed by atoms with E-state index in [1.807, 2.05) is 11.9 Å². The Hall–Kier alpha value is -3.19. The molecule has 0 unspecified atom stereocenters. The van der Waals surface area contributed by atoms with Crippen LogP contribution in [0.4, 0.5) is 13.9 Å². The number of carbonyl (C=O) groups excluding carboxylic acids is 1. The van der Waals surface area contributed by atoms with E-state index >= 15 is 0 Å². The maximum Gasteiger partial charge on any atom is 0.207 e. The van der Waals surface area contributed by atoms with Gasteiger partial charge in [0.25, 0.3) is 0 Å². The number of halogens is 2. The number of Topliss-reactive ketones (excluding diaryl/α,β-unsaturated/α-hetero) is 1. The molecule has 0 radical (unpaired) electrons. The second kappa shape index (κ2) is 8.63. The molecule has 2 aliphatic rings. The van der Waals surface area contributed by atoms with Crippen molar-refractivity contribution < 1.29 is 13.6 Å². The quantitative estimate of drug-likeness (QED) is 0.403. The molecule has 4 nitrogen and oxygen atoms in total. The normalized spacial score (nSPS) is 21.3. The van der Waals surface area contributed by atoms with Crippen molar-refractivity contribution in [3.63, 3.8) is 0 Å². The Labute approximate surface area is 195 Å². The monoisotopic (exact) mass is 463 g/mol. The minimum Gasteiger partial charge on any atom is -0.294 e. The number of rotatable bonds is 4. The van der Waals surface area contributed by atoms with Gasteiger partial charge < -0.3 is 0 Å². The van der Waals surface area contributed by atoms with Gasteiger partial charge in [0.15, 0.2) is 5.78 Å². The molecular weight excluding hydrogens is 440 g/mol. The summed E-state index contributed by atoms with van der Waals surface area (Å²) in [5, 5.41) is 7.59. The number of thiazole rings is 1. The zero-order valence-corrected chi connectivity index (χ0v) is 19.2. The van der Waals surface area contributed by atoms with Crippen LogP contribution in [0.3, 0.4) is 0 Å². The SMILES string of the molecule is CC(=O)c1sc(N2N=C3/C(=C\c4ccc(F)cc4)CCC[C@H]3[C@@H]2c2ccc(F)cc2)nc1C. The highest BCUT2D eigenvalue weighted by Crippen LogP contribution is 2.47. The molecule has 1 aliphatic heterocycles. The zero-order chi connectivity index (χ0) is 23.1. The molecule has 3 aromatic rings. The molecule has 7 heteroatoms. The number of anilines is 1. The van der Waals surface area contributed by atoms with Gasteiger partial charge in [0.05, 0.1) is 22.3 Å². The number of aryl methyl sites for hydroxylation is 1. The molecule has 2 heterocycles. The van der Waals surface area contributed by atoms with Crippen molar-refractivity contribution in [2.24, 2.45) is 11.0 Å². The summed E-state index contributed by atoms with van der Waals surface area (Å²) in [6, 6.07) is 12.8. The van der Waals surface area contributed by atoms with Crippen LogP contribution in [-0.2, 0) is 0 Å². The number of aromatic nitrogens is 1. The van der Waals surface area contributed by atoms with E-state index in [-0.39, 0.29) is 29.4 Å². The van der Waals surface area contributed by atoms with Gasteiger partial charge in [0.1, 0.15) is 11.6 Å². The maximum absolute atomic E-state index is 13.7. The lowest BCUT2D eigenvalue weighted by Crippen LogP contribution is -2.28. The molecule has 33 heavy (non-hydrogen) atoms. The van der Waals surface area contributed by atoms with Crippen LogP contribution >= 0.6 is 11.3 Å². The number of hydrogen-bond donors (Lipinski definition) is 0. The van der Waals surface area contributed by atoms with E-state index in [0.29, 0.717) is 15.7 Å². The molecule has 0 spiro atoms. The van der Waals surface area contributed by atoms with E-state index in [0.717, 1.165) is 41.7 Å². The van der Waals surface area contributed by atoms with E-state index in [1.165, 1.54) is 35.6 Å². The summed E-state index contributed by atoms with van der Waals surface area (Å²) in [6.07, 6.45) is 4.90. The molecule has 1 aliphatic carbocycles. The fraction of sp³-hybridized carbons (Fsp3) is 0.269. The Morgan fingerprint density at radius 3 is 2.39 bits per heavy atom. The van der Waals surface area contributed by atoms with E-state index < -0.39 is 0 Å². The summed E-state index contributed by atoms with van der Waals surface area (Å²) >= 11 is 1.34. The van der Waals surface area contributed by atoms with Gasteiger partial charge in [0, 0.05) is 12.8 Å². The minimum atomic E-state index is -0.283. The van der Waals surface area contributed by atoms with Gasteiger partial charge in [-0.1, -0.05) is 35.6 Å². The van der Waals surface area contributed by atoms with Crippen LogP contribution in [-0.4, -0.2) is 16.5 Å². The molecule has 1 saturated carbocycles. The number of carbonyl (C=O) groups is 1. The van der Waals surface area contributed by atoms with Crippen LogP contribution in [0.2, 0.25) is 0 Å². The molecule has 0 saturated heterocycles. The highest BCUT2D eigenvalue weighted by atomic mass is 32.1. The maximum atomic E-state index is 13.7. The fourth-order valence-electron chi connectivity index (χ4n) is 4.72. The molecule has 2 aromatic carbocycles. The summed E-state index contributed by atoms with van der Waals surface area (Å²) in [6.45, 7) is 3.38. The number of benzene rings is 2. The average Bonchev–Trinajstić information content (AvgIpc) is 3.37. The summed E-state index contributed by atoms with van der Waals surface area (Å²) in [5.41, 5.74) is 4.68. The smallest absolute Gasteiger partial charge is 0.207 e. The standard InChI is InChI=1S/C26H23F2N3OS/c1-15-25(16(2)32)33-26(29-15)31-24(18-8-12-21(28)13-9-18)22-5-3-4-19(23(22)30-31)14-17-6-10-20(27)11-7-17/h6-14,22,24H,3-5H2,1-2H3/b19-14-/t22-,24+/m1/s1. The van der Waals surface area contributed by atoms with Gasteiger partial charge in [0.2, 0.25) is 5.13 Å². The van der Waals surface area contributed by atoms with E-state index in [2.05, 4.69) is 11.1 Å². The number of hydrogen-bond acceptors (Lipinski definition) is 5. The van der Waals surface area contributed by atoms with Crippen molar-refractivity contribution >= 4 is 34.0 Å². The van der Waals surface area contributed by atoms with Crippen LogP contribution < -0.4 is 5.01 Å². The first-order valence-corrected chi connectivity index (χ1v) is 11.8. The molecule has 168 valence electrons. The van der Waals surface area contributed by atoms with Gasteiger partial charge in [-0.25, -0.2) is 18.8 Å². The molecule has 0 amide bonds. The van der Waals surface area contributed by atoms with Crippen LogP contribution in [0.15, 0.2) is 59.2 Å². The topological polar surface area (TPSA) is 45.6 Å². The highest BCUT2D eigenvalue weighted by molar-refractivity contribution is 7.17. The first kappa shape index (κ1) is 21.6. The number of allylic oxidation sites excluding steroid dienone is 1. The van der Waals surface area contributed by atoms with Crippen molar-refractivity contribution in [2.75, 3.05) is 5.01 Å². The summed E-state index contributed by atoms with van der Waals surface area (Å²) in [7, 11) is 0. The Balaban J connectivity index is 1.60. The lowest BCUT2D eigenvalue weighted by Gasteiger charge is -2.29. The van der Waals surface area contributed by atoms with E-state index in [4.69, 9.17) is 5.10 Å².